The number of methoxy groups -OCH3 is 1. The van der Waals surface area contributed by atoms with Crippen molar-refractivity contribution in [3.8, 4) is 5.75 Å². The Labute approximate surface area is 202 Å². The highest BCUT2D eigenvalue weighted by Gasteiger charge is 2.24. The lowest BCUT2D eigenvalue weighted by atomic mass is 10.1. The fourth-order valence-electron chi connectivity index (χ4n) is 4.68. The third-order valence-corrected chi connectivity index (χ3v) is 6.65. The number of likely N-dealkylation sites (tertiary alicyclic amines) is 1. The second-order valence-electron chi connectivity index (χ2n) is 8.89. The Hall–Kier alpha value is -3.32. The second-order valence-corrected chi connectivity index (χ2v) is 8.89. The van der Waals surface area contributed by atoms with Crippen LogP contribution in [-0.4, -0.2) is 47.5 Å². The van der Waals surface area contributed by atoms with Gasteiger partial charge in [-0.1, -0.05) is 42.5 Å². The Morgan fingerprint density at radius 1 is 1.06 bits per heavy atom. The van der Waals surface area contributed by atoms with Gasteiger partial charge in [-0.15, -0.1) is 0 Å². The van der Waals surface area contributed by atoms with Crippen LogP contribution in [-0.2, 0) is 13.1 Å². The molecule has 2 amide bonds. The van der Waals surface area contributed by atoms with E-state index < -0.39 is 0 Å². The first-order valence-electron chi connectivity index (χ1n) is 12.0. The van der Waals surface area contributed by atoms with E-state index in [1.165, 1.54) is 18.4 Å². The van der Waals surface area contributed by atoms with Crippen molar-refractivity contribution in [3.63, 3.8) is 0 Å². The zero-order valence-corrected chi connectivity index (χ0v) is 20.4. The monoisotopic (exact) mass is 461 g/mol. The summed E-state index contributed by atoms with van der Waals surface area (Å²) in [5.41, 5.74) is 5.45. The zero-order chi connectivity index (χ0) is 23.9. The number of hydrogen-bond acceptors (Lipinski definition) is 4. The first kappa shape index (κ1) is 23.8. The van der Waals surface area contributed by atoms with E-state index >= 15 is 0 Å². The van der Waals surface area contributed by atoms with Crippen LogP contribution in [0.1, 0.15) is 47.0 Å². The van der Waals surface area contributed by atoms with Crippen LogP contribution >= 0.6 is 0 Å². The maximum Gasteiger partial charge on any atom is 0.315 e. The molecule has 0 radical (unpaired) electrons. The number of carbonyl (C=O) groups is 1. The molecule has 2 aromatic carbocycles. The number of aromatic nitrogens is 2. The summed E-state index contributed by atoms with van der Waals surface area (Å²) < 4.78 is 7.42. The quantitative estimate of drug-likeness (QED) is 0.501. The average molecular weight is 462 g/mol. The highest BCUT2D eigenvalue weighted by Crippen LogP contribution is 2.27. The zero-order valence-electron chi connectivity index (χ0n) is 20.4. The van der Waals surface area contributed by atoms with Gasteiger partial charge in [0.05, 0.1) is 25.4 Å². The molecular formula is C27H35N5O2. The van der Waals surface area contributed by atoms with Crippen LogP contribution in [0.4, 0.5) is 4.79 Å². The predicted molar refractivity (Wildman–Crippen MR) is 134 cm³/mol. The molecule has 0 spiro atoms. The minimum absolute atomic E-state index is 0.125. The molecule has 1 aromatic heterocycles. The van der Waals surface area contributed by atoms with Crippen LogP contribution in [0.5, 0.6) is 5.75 Å². The van der Waals surface area contributed by atoms with Crippen molar-refractivity contribution in [2.45, 2.75) is 45.8 Å². The molecule has 7 heteroatoms. The van der Waals surface area contributed by atoms with Gasteiger partial charge in [0.1, 0.15) is 5.75 Å². The average Bonchev–Trinajstić information content (AvgIpc) is 3.47. The second kappa shape index (κ2) is 11.2. The summed E-state index contributed by atoms with van der Waals surface area (Å²) >= 11 is 0. The van der Waals surface area contributed by atoms with E-state index in [2.05, 4.69) is 46.7 Å². The molecule has 0 saturated carbocycles. The van der Waals surface area contributed by atoms with Gasteiger partial charge in [-0.3, -0.25) is 9.58 Å². The van der Waals surface area contributed by atoms with E-state index in [-0.39, 0.29) is 12.1 Å². The Morgan fingerprint density at radius 2 is 1.82 bits per heavy atom. The normalized spacial score (nSPS) is 14.7. The van der Waals surface area contributed by atoms with Gasteiger partial charge in [0.15, 0.2) is 0 Å². The summed E-state index contributed by atoms with van der Waals surface area (Å²) in [4.78, 5) is 15.2. The standard InChI is InChI=1S/C27H35N5O2/c1-20-25(21(2)32(30-20)19-22-10-5-4-6-11-22)17-28-27(33)29-18-26(31-14-7-8-15-31)23-12-9-13-24(16-23)34-3/h4-6,9-13,16,26H,7-8,14-15,17-19H2,1-3H3,(H2,28,29,33). The van der Waals surface area contributed by atoms with Crippen LogP contribution in [0.3, 0.4) is 0 Å². The maximum absolute atomic E-state index is 12.7. The molecule has 4 rings (SSSR count). The molecule has 3 aromatic rings. The fourth-order valence-corrected chi connectivity index (χ4v) is 4.68. The number of urea groups is 1. The number of nitrogens with one attached hydrogen (secondary N) is 2. The van der Waals surface area contributed by atoms with Crippen molar-refractivity contribution in [2.75, 3.05) is 26.7 Å². The molecule has 7 nitrogen and oxygen atoms in total. The smallest absolute Gasteiger partial charge is 0.315 e. The number of amides is 2. The molecule has 34 heavy (non-hydrogen) atoms. The largest absolute Gasteiger partial charge is 0.497 e. The van der Waals surface area contributed by atoms with Gasteiger partial charge in [-0.2, -0.15) is 5.10 Å². The number of nitrogens with zero attached hydrogens (tertiary/aromatic N) is 3. The third-order valence-electron chi connectivity index (χ3n) is 6.65. The van der Waals surface area contributed by atoms with Crippen LogP contribution in [0.25, 0.3) is 0 Å². The summed E-state index contributed by atoms with van der Waals surface area (Å²) in [6, 6.07) is 18.4. The minimum Gasteiger partial charge on any atom is -0.497 e. The first-order valence-corrected chi connectivity index (χ1v) is 12.0. The summed E-state index contributed by atoms with van der Waals surface area (Å²) in [7, 11) is 1.68. The highest BCUT2D eigenvalue weighted by atomic mass is 16.5. The van der Waals surface area contributed by atoms with Crippen LogP contribution in [0.15, 0.2) is 54.6 Å². The lowest BCUT2D eigenvalue weighted by Gasteiger charge is -2.28. The van der Waals surface area contributed by atoms with Crippen molar-refractivity contribution >= 4 is 6.03 Å². The molecule has 1 atom stereocenters. The molecule has 2 heterocycles. The summed E-state index contributed by atoms with van der Waals surface area (Å²) in [5.74, 6) is 0.838. The Balaban J connectivity index is 1.36. The van der Waals surface area contributed by atoms with Crippen LogP contribution < -0.4 is 15.4 Å². The maximum atomic E-state index is 12.7. The molecule has 1 unspecified atom stereocenters. The van der Waals surface area contributed by atoms with Gasteiger partial charge < -0.3 is 15.4 Å². The SMILES string of the molecule is COc1cccc(C(CNC(=O)NCc2c(C)nn(Cc3ccccc3)c2C)N2CCCC2)c1. The molecule has 0 aliphatic carbocycles. The highest BCUT2D eigenvalue weighted by molar-refractivity contribution is 5.74. The van der Waals surface area contributed by atoms with Gasteiger partial charge >= 0.3 is 6.03 Å². The number of hydrogen-bond donors (Lipinski definition) is 2. The topological polar surface area (TPSA) is 71.4 Å². The van der Waals surface area contributed by atoms with Crippen LogP contribution in [0, 0.1) is 13.8 Å². The predicted octanol–water partition coefficient (Wildman–Crippen LogP) is 4.19. The molecule has 2 N–H and O–H groups in total. The van der Waals surface area contributed by atoms with Gasteiger partial charge in [0, 0.05) is 24.3 Å². The fraction of sp³-hybridized carbons (Fsp3) is 0.407. The first-order chi connectivity index (χ1) is 16.5. The van der Waals surface area contributed by atoms with E-state index in [4.69, 9.17) is 9.84 Å². The molecule has 1 aliphatic heterocycles. The van der Waals surface area contributed by atoms with Gasteiger partial charge in [-0.25, -0.2) is 4.79 Å². The van der Waals surface area contributed by atoms with Crippen molar-refractivity contribution < 1.29 is 9.53 Å². The van der Waals surface area contributed by atoms with Gasteiger partial charge in [0.2, 0.25) is 0 Å². The number of benzene rings is 2. The van der Waals surface area contributed by atoms with E-state index in [1.807, 2.05) is 41.9 Å². The molecule has 1 saturated heterocycles. The molecule has 1 aliphatic rings. The van der Waals surface area contributed by atoms with Gasteiger partial charge in [-0.05, 0) is 63.0 Å². The summed E-state index contributed by atoms with van der Waals surface area (Å²) in [6.07, 6.45) is 2.39. The van der Waals surface area contributed by atoms with E-state index in [1.54, 1.807) is 7.11 Å². The number of rotatable bonds is 9. The van der Waals surface area contributed by atoms with Gasteiger partial charge in [0.25, 0.3) is 0 Å². The third kappa shape index (κ3) is 5.78. The van der Waals surface area contributed by atoms with Crippen molar-refractivity contribution in [1.29, 1.82) is 0 Å². The molecule has 180 valence electrons. The minimum atomic E-state index is -0.165. The number of ether oxygens (including phenoxy) is 1. The van der Waals surface area contributed by atoms with Crippen molar-refractivity contribution in [1.82, 2.24) is 25.3 Å². The lowest BCUT2D eigenvalue weighted by Crippen LogP contribution is -2.41. The van der Waals surface area contributed by atoms with Crippen LogP contribution in [0.2, 0.25) is 0 Å². The molecular weight excluding hydrogens is 426 g/mol. The number of aryl methyl sites for hydroxylation is 1. The Kier molecular flexibility index (Phi) is 7.85. The van der Waals surface area contributed by atoms with E-state index in [9.17, 15) is 4.79 Å². The number of carbonyl (C=O) groups excluding carboxylic acids is 1. The molecule has 1 fully saturated rings. The van der Waals surface area contributed by atoms with E-state index in [0.29, 0.717) is 13.1 Å². The molecule has 0 bridgehead atoms. The summed E-state index contributed by atoms with van der Waals surface area (Å²) in [6.45, 7) is 7.86. The Morgan fingerprint density at radius 3 is 2.56 bits per heavy atom. The van der Waals surface area contributed by atoms with E-state index in [0.717, 1.165) is 47.9 Å². The van der Waals surface area contributed by atoms with Crippen molar-refractivity contribution in [2.24, 2.45) is 0 Å². The lowest BCUT2D eigenvalue weighted by molar-refractivity contribution is 0.220. The Bertz CT molecular complexity index is 1090. The van der Waals surface area contributed by atoms with Crippen molar-refractivity contribution in [3.05, 3.63) is 82.7 Å². The summed E-state index contributed by atoms with van der Waals surface area (Å²) in [5, 5.41) is 10.8.